The van der Waals surface area contributed by atoms with E-state index in [1.54, 1.807) is 6.20 Å². The van der Waals surface area contributed by atoms with Gasteiger partial charge in [0.05, 0.1) is 30.4 Å². The average molecular weight is 387 g/mol. The Bertz CT molecular complexity index is 1150. The first-order valence-corrected chi connectivity index (χ1v) is 9.51. The van der Waals surface area contributed by atoms with Crippen molar-refractivity contribution in [1.82, 2.24) is 14.4 Å². The molecule has 4 rings (SSSR count). The SMILES string of the molecule is CCOc1cccc(-c2cn3c(-c4ccc(CCC(=O)O)cc4)cnc3cn2)c1. The van der Waals surface area contributed by atoms with Gasteiger partial charge in [-0.1, -0.05) is 36.4 Å². The number of nitrogens with zero attached hydrogens (tertiary/aromatic N) is 3. The van der Waals surface area contributed by atoms with Gasteiger partial charge in [-0.15, -0.1) is 0 Å². The van der Waals surface area contributed by atoms with E-state index in [1.165, 1.54) is 0 Å². The fraction of sp³-hybridized carbons (Fsp3) is 0.174. The first-order valence-electron chi connectivity index (χ1n) is 9.51. The minimum atomic E-state index is -0.788. The summed E-state index contributed by atoms with van der Waals surface area (Å²) in [5.41, 5.74) is 5.53. The molecule has 0 spiro atoms. The molecule has 2 aromatic carbocycles. The van der Waals surface area contributed by atoms with Crippen molar-refractivity contribution < 1.29 is 14.6 Å². The molecule has 0 atom stereocenters. The summed E-state index contributed by atoms with van der Waals surface area (Å²) >= 11 is 0. The van der Waals surface area contributed by atoms with Crippen molar-refractivity contribution in [2.45, 2.75) is 19.8 Å². The first-order chi connectivity index (χ1) is 14.1. The molecule has 0 saturated carbocycles. The van der Waals surface area contributed by atoms with Gasteiger partial charge in [0.1, 0.15) is 5.75 Å². The highest BCUT2D eigenvalue weighted by atomic mass is 16.5. The van der Waals surface area contributed by atoms with Gasteiger partial charge in [0.2, 0.25) is 0 Å². The number of ether oxygens (including phenoxy) is 1. The lowest BCUT2D eigenvalue weighted by Crippen LogP contribution is -1.97. The lowest BCUT2D eigenvalue weighted by Gasteiger charge is -2.08. The van der Waals surface area contributed by atoms with Crippen LogP contribution in [0.5, 0.6) is 5.75 Å². The molecule has 146 valence electrons. The molecular weight excluding hydrogens is 366 g/mol. The van der Waals surface area contributed by atoms with Gasteiger partial charge in [0.25, 0.3) is 0 Å². The third-order valence-electron chi connectivity index (χ3n) is 4.71. The quantitative estimate of drug-likeness (QED) is 0.506. The van der Waals surface area contributed by atoms with Crippen LogP contribution < -0.4 is 4.74 Å². The summed E-state index contributed by atoms with van der Waals surface area (Å²) < 4.78 is 7.61. The molecule has 6 heteroatoms. The second kappa shape index (κ2) is 8.14. The summed E-state index contributed by atoms with van der Waals surface area (Å²) in [6, 6.07) is 15.8. The van der Waals surface area contributed by atoms with E-state index in [-0.39, 0.29) is 6.42 Å². The Kier molecular flexibility index (Phi) is 5.24. The van der Waals surface area contributed by atoms with Crippen LogP contribution in [0.25, 0.3) is 28.2 Å². The number of hydrogen-bond acceptors (Lipinski definition) is 4. The normalized spacial score (nSPS) is 10.9. The van der Waals surface area contributed by atoms with Crippen molar-refractivity contribution >= 4 is 11.6 Å². The van der Waals surface area contributed by atoms with Crippen LogP contribution in [0.1, 0.15) is 18.9 Å². The third kappa shape index (κ3) is 4.11. The van der Waals surface area contributed by atoms with Gasteiger partial charge in [-0.2, -0.15) is 0 Å². The van der Waals surface area contributed by atoms with Crippen LogP contribution >= 0.6 is 0 Å². The molecule has 0 radical (unpaired) electrons. The molecule has 0 bridgehead atoms. The molecule has 6 nitrogen and oxygen atoms in total. The highest BCUT2D eigenvalue weighted by molar-refractivity contribution is 5.68. The van der Waals surface area contributed by atoms with Crippen molar-refractivity contribution in [3.8, 4) is 28.3 Å². The van der Waals surface area contributed by atoms with Gasteiger partial charge >= 0.3 is 5.97 Å². The van der Waals surface area contributed by atoms with E-state index < -0.39 is 5.97 Å². The monoisotopic (exact) mass is 387 g/mol. The Balaban J connectivity index is 1.67. The minimum Gasteiger partial charge on any atom is -0.494 e. The van der Waals surface area contributed by atoms with Gasteiger partial charge < -0.3 is 9.84 Å². The average Bonchev–Trinajstić information content (AvgIpc) is 3.16. The molecule has 0 fully saturated rings. The Labute approximate surface area is 168 Å². The number of rotatable bonds is 7. The number of benzene rings is 2. The zero-order chi connectivity index (χ0) is 20.2. The molecule has 29 heavy (non-hydrogen) atoms. The molecule has 0 aliphatic carbocycles. The zero-order valence-corrected chi connectivity index (χ0v) is 16.1. The predicted molar refractivity (Wildman–Crippen MR) is 111 cm³/mol. The molecule has 4 aromatic rings. The molecule has 1 N–H and O–H groups in total. The Morgan fingerprint density at radius 2 is 1.90 bits per heavy atom. The van der Waals surface area contributed by atoms with Crippen LogP contribution in [-0.4, -0.2) is 32.1 Å². The largest absolute Gasteiger partial charge is 0.494 e. The molecule has 0 aliphatic rings. The molecular formula is C23H21N3O3. The summed E-state index contributed by atoms with van der Waals surface area (Å²) in [7, 11) is 0. The Morgan fingerprint density at radius 3 is 2.66 bits per heavy atom. The van der Waals surface area contributed by atoms with E-state index >= 15 is 0 Å². The first kappa shape index (κ1) is 18.7. The summed E-state index contributed by atoms with van der Waals surface area (Å²) in [6.45, 7) is 2.58. The lowest BCUT2D eigenvalue weighted by molar-refractivity contribution is -0.136. The number of aryl methyl sites for hydroxylation is 1. The van der Waals surface area contributed by atoms with E-state index in [1.807, 2.05) is 72.2 Å². The van der Waals surface area contributed by atoms with Crippen molar-refractivity contribution in [2.24, 2.45) is 0 Å². The van der Waals surface area contributed by atoms with Gasteiger partial charge in [0.15, 0.2) is 5.65 Å². The summed E-state index contributed by atoms with van der Waals surface area (Å²) in [5, 5.41) is 8.84. The minimum absolute atomic E-state index is 0.130. The van der Waals surface area contributed by atoms with Crippen molar-refractivity contribution in [2.75, 3.05) is 6.61 Å². The molecule has 2 aromatic heterocycles. The van der Waals surface area contributed by atoms with Crippen LogP contribution in [0.15, 0.2) is 67.1 Å². The summed E-state index contributed by atoms with van der Waals surface area (Å²) in [6.07, 6.45) is 6.20. The fourth-order valence-corrected chi connectivity index (χ4v) is 3.26. The van der Waals surface area contributed by atoms with Crippen molar-refractivity contribution in [1.29, 1.82) is 0 Å². The van der Waals surface area contributed by atoms with Crippen LogP contribution in [0.2, 0.25) is 0 Å². The zero-order valence-electron chi connectivity index (χ0n) is 16.1. The van der Waals surface area contributed by atoms with Crippen LogP contribution in [0.4, 0.5) is 0 Å². The molecule has 0 amide bonds. The highest BCUT2D eigenvalue weighted by Crippen LogP contribution is 2.26. The maximum atomic E-state index is 10.8. The second-order valence-electron chi connectivity index (χ2n) is 6.70. The van der Waals surface area contributed by atoms with E-state index in [2.05, 4.69) is 9.97 Å². The van der Waals surface area contributed by atoms with Crippen molar-refractivity contribution in [3.63, 3.8) is 0 Å². The topological polar surface area (TPSA) is 76.7 Å². The number of aromatic nitrogens is 3. The van der Waals surface area contributed by atoms with Gasteiger partial charge in [-0.3, -0.25) is 14.2 Å². The fourth-order valence-electron chi connectivity index (χ4n) is 3.26. The second-order valence-corrected chi connectivity index (χ2v) is 6.70. The summed E-state index contributed by atoms with van der Waals surface area (Å²) in [4.78, 5) is 19.8. The molecule has 0 saturated heterocycles. The van der Waals surface area contributed by atoms with E-state index in [9.17, 15) is 4.79 Å². The van der Waals surface area contributed by atoms with Gasteiger partial charge in [-0.25, -0.2) is 4.98 Å². The molecule has 2 heterocycles. The number of hydrogen-bond donors (Lipinski definition) is 1. The predicted octanol–water partition coefficient (Wildman–Crippen LogP) is 4.48. The number of carboxylic acid groups (broad SMARTS) is 1. The number of imidazole rings is 1. The van der Waals surface area contributed by atoms with E-state index in [0.717, 1.165) is 39.5 Å². The van der Waals surface area contributed by atoms with E-state index in [4.69, 9.17) is 9.84 Å². The highest BCUT2D eigenvalue weighted by Gasteiger charge is 2.09. The Hall–Kier alpha value is -3.67. The lowest BCUT2D eigenvalue weighted by atomic mass is 10.1. The number of carbonyl (C=O) groups is 1. The maximum Gasteiger partial charge on any atom is 0.303 e. The van der Waals surface area contributed by atoms with Crippen LogP contribution in [-0.2, 0) is 11.2 Å². The number of carboxylic acids is 1. The third-order valence-corrected chi connectivity index (χ3v) is 4.71. The van der Waals surface area contributed by atoms with Crippen molar-refractivity contribution in [3.05, 3.63) is 72.7 Å². The standard InChI is InChI=1S/C23H21N3O3/c1-2-29-19-5-3-4-18(12-19)20-15-26-21(13-25-22(26)14-24-20)17-9-6-16(7-10-17)8-11-23(27)28/h3-7,9-10,12-15H,2,8,11H2,1H3,(H,27,28). The summed E-state index contributed by atoms with van der Waals surface area (Å²) in [5.74, 6) is 0.0268. The van der Waals surface area contributed by atoms with Crippen LogP contribution in [0, 0.1) is 0 Å². The Morgan fingerprint density at radius 1 is 1.07 bits per heavy atom. The van der Waals surface area contributed by atoms with Gasteiger partial charge in [-0.05, 0) is 31.0 Å². The van der Waals surface area contributed by atoms with Gasteiger partial charge in [0, 0.05) is 23.7 Å². The number of aliphatic carboxylic acids is 1. The number of fused-ring (bicyclic) bond motifs is 1. The maximum absolute atomic E-state index is 10.8. The smallest absolute Gasteiger partial charge is 0.303 e. The van der Waals surface area contributed by atoms with E-state index in [0.29, 0.717) is 13.0 Å². The molecule has 0 aliphatic heterocycles. The van der Waals surface area contributed by atoms with Crippen LogP contribution in [0.3, 0.4) is 0 Å². The molecule has 0 unspecified atom stereocenters.